The van der Waals surface area contributed by atoms with E-state index in [1.807, 2.05) is 42.5 Å². The van der Waals surface area contributed by atoms with Gasteiger partial charge in [0.15, 0.2) is 0 Å². The predicted molar refractivity (Wildman–Crippen MR) is 81.2 cm³/mol. The Kier molecular flexibility index (Phi) is 3.39. The van der Waals surface area contributed by atoms with Gasteiger partial charge >= 0.3 is 5.69 Å². The van der Waals surface area contributed by atoms with Crippen LogP contribution in [-0.4, -0.2) is 23.8 Å². The molecule has 1 heterocycles. The first kappa shape index (κ1) is 13.3. The van der Waals surface area contributed by atoms with E-state index in [1.165, 1.54) is 0 Å². The molecule has 1 N–H and O–H groups in total. The zero-order valence-electron chi connectivity index (χ0n) is 11.9. The Labute approximate surface area is 121 Å². The number of rotatable bonds is 4. The maximum Gasteiger partial charge on any atom is 0.326 e. The fourth-order valence-corrected chi connectivity index (χ4v) is 2.42. The number of aromatic amines is 1. The van der Waals surface area contributed by atoms with Crippen LogP contribution >= 0.6 is 0 Å². The number of hydrogen-bond acceptors (Lipinski definition) is 3. The fraction of sp³-hybridized carbons (Fsp3) is 0.188. The Morgan fingerprint density at radius 3 is 2.67 bits per heavy atom. The van der Waals surface area contributed by atoms with Crippen LogP contribution in [0.15, 0.2) is 47.3 Å². The monoisotopic (exact) mass is 284 g/mol. The van der Waals surface area contributed by atoms with Gasteiger partial charge in [0.25, 0.3) is 0 Å². The van der Waals surface area contributed by atoms with E-state index in [4.69, 9.17) is 9.47 Å². The molecule has 0 aliphatic carbocycles. The summed E-state index contributed by atoms with van der Waals surface area (Å²) < 4.78 is 12.2. The summed E-state index contributed by atoms with van der Waals surface area (Å²) in [7, 11) is 3.23. The molecule has 0 amide bonds. The molecule has 0 saturated heterocycles. The van der Waals surface area contributed by atoms with Crippen LogP contribution in [-0.2, 0) is 6.54 Å². The maximum atomic E-state index is 12.2. The summed E-state index contributed by atoms with van der Waals surface area (Å²) in [4.78, 5) is 15.0. The average Bonchev–Trinajstić information content (AvgIpc) is 2.83. The van der Waals surface area contributed by atoms with E-state index >= 15 is 0 Å². The number of aromatic nitrogens is 2. The van der Waals surface area contributed by atoms with Crippen molar-refractivity contribution in [3.63, 3.8) is 0 Å². The molecule has 0 bridgehead atoms. The van der Waals surface area contributed by atoms with E-state index < -0.39 is 0 Å². The van der Waals surface area contributed by atoms with Crippen LogP contribution in [0.3, 0.4) is 0 Å². The zero-order chi connectivity index (χ0) is 14.8. The number of hydrogen-bond donors (Lipinski definition) is 1. The molecule has 21 heavy (non-hydrogen) atoms. The molecule has 0 spiro atoms. The van der Waals surface area contributed by atoms with Crippen molar-refractivity contribution in [2.45, 2.75) is 6.54 Å². The van der Waals surface area contributed by atoms with Crippen LogP contribution in [0.4, 0.5) is 0 Å². The molecule has 3 aromatic rings. The van der Waals surface area contributed by atoms with Crippen LogP contribution < -0.4 is 15.2 Å². The molecule has 0 unspecified atom stereocenters. The molecule has 0 atom stereocenters. The summed E-state index contributed by atoms with van der Waals surface area (Å²) in [5.74, 6) is 1.48. The van der Waals surface area contributed by atoms with Gasteiger partial charge in [0.2, 0.25) is 0 Å². The summed E-state index contributed by atoms with van der Waals surface area (Å²) in [6.07, 6.45) is 0. The molecular formula is C16H16N2O3. The minimum absolute atomic E-state index is 0.149. The molecule has 0 aliphatic heterocycles. The summed E-state index contributed by atoms with van der Waals surface area (Å²) in [5.41, 5.74) is 2.40. The number of nitrogens with one attached hydrogen (secondary N) is 1. The van der Waals surface area contributed by atoms with Crippen molar-refractivity contribution in [3.05, 3.63) is 58.5 Å². The van der Waals surface area contributed by atoms with Crippen molar-refractivity contribution in [3.8, 4) is 11.5 Å². The smallest absolute Gasteiger partial charge is 0.326 e. The van der Waals surface area contributed by atoms with Gasteiger partial charge in [0.1, 0.15) is 11.5 Å². The second-order valence-electron chi connectivity index (χ2n) is 4.71. The summed E-state index contributed by atoms with van der Waals surface area (Å²) in [6.45, 7) is 0.440. The number of ether oxygens (including phenoxy) is 2. The van der Waals surface area contributed by atoms with E-state index in [-0.39, 0.29) is 5.69 Å². The predicted octanol–water partition coefficient (Wildman–Crippen LogP) is 2.40. The fourth-order valence-electron chi connectivity index (χ4n) is 2.42. The van der Waals surface area contributed by atoms with Crippen LogP contribution in [0.2, 0.25) is 0 Å². The van der Waals surface area contributed by atoms with E-state index in [9.17, 15) is 4.79 Å². The second kappa shape index (κ2) is 5.36. The van der Waals surface area contributed by atoms with Crippen LogP contribution in [0.5, 0.6) is 11.5 Å². The van der Waals surface area contributed by atoms with E-state index in [2.05, 4.69) is 4.98 Å². The number of imidazole rings is 1. The van der Waals surface area contributed by atoms with Gasteiger partial charge in [0, 0.05) is 11.6 Å². The molecule has 1 aromatic heterocycles. The number of methoxy groups -OCH3 is 2. The standard InChI is InChI=1S/C16H16N2O3/c1-20-12-7-8-13-14(9-12)18(16(19)17-13)10-11-5-3-4-6-15(11)21-2/h3-9H,10H2,1-2H3,(H,17,19). The van der Waals surface area contributed by atoms with Gasteiger partial charge in [-0.3, -0.25) is 4.57 Å². The normalized spacial score (nSPS) is 10.8. The number of H-pyrrole nitrogens is 1. The molecule has 5 heteroatoms. The molecule has 0 fully saturated rings. The van der Waals surface area contributed by atoms with Crippen molar-refractivity contribution < 1.29 is 9.47 Å². The lowest BCUT2D eigenvalue weighted by Gasteiger charge is -2.09. The highest BCUT2D eigenvalue weighted by atomic mass is 16.5. The Hall–Kier alpha value is -2.69. The molecule has 5 nitrogen and oxygen atoms in total. The lowest BCUT2D eigenvalue weighted by Crippen LogP contribution is -2.17. The largest absolute Gasteiger partial charge is 0.497 e. The lowest BCUT2D eigenvalue weighted by molar-refractivity contribution is 0.408. The lowest BCUT2D eigenvalue weighted by atomic mass is 10.2. The van der Waals surface area contributed by atoms with Gasteiger partial charge in [-0.2, -0.15) is 0 Å². The zero-order valence-corrected chi connectivity index (χ0v) is 11.9. The first-order chi connectivity index (χ1) is 10.2. The van der Waals surface area contributed by atoms with Crippen LogP contribution in [0.25, 0.3) is 11.0 Å². The third-order valence-corrected chi connectivity index (χ3v) is 3.50. The average molecular weight is 284 g/mol. The van der Waals surface area contributed by atoms with Crippen molar-refractivity contribution in [1.82, 2.24) is 9.55 Å². The number of fused-ring (bicyclic) bond motifs is 1. The minimum Gasteiger partial charge on any atom is -0.497 e. The Balaban J connectivity index is 2.11. The van der Waals surface area contributed by atoms with E-state index in [1.54, 1.807) is 18.8 Å². The van der Waals surface area contributed by atoms with Crippen molar-refractivity contribution in [1.29, 1.82) is 0 Å². The van der Waals surface area contributed by atoms with Gasteiger partial charge in [-0.05, 0) is 18.2 Å². The highest BCUT2D eigenvalue weighted by molar-refractivity contribution is 5.77. The second-order valence-corrected chi connectivity index (χ2v) is 4.71. The SMILES string of the molecule is COc1ccc2[nH]c(=O)n(Cc3ccccc3OC)c2c1. The number of benzene rings is 2. The summed E-state index contributed by atoms with van der Waals surface area (Å²) in [6, 6.07) is 13.2. The van der Waals surface area contributed by atoms with Gasteiger partial charge in [-0.25, -0.2) is 4.79 Å². The van der Waals surface area contributed by atoms with E-state index in [0.29, 0.717) is 6.54 Å². The highest BCUT2D eigenvalue weighted by Crippen LogP contribution is 2.22. The van der Waals surface area contributed by atoms with Gasteiger partial charge in [-0.15, -0.1) is 0 Å². The van der Waals surface area contributed by atoms with Gasteiger partial charge in [0.05, 0.1) is 31.8 Å². The molecule has 108 valence electrons. The van der Waals surface area contributed by atoms with Crippen molar-refractivity contribution in [2.24, 2.45) is 0 Å². The van der Waals surface area contributed by atoms with Crippen LogP contribution in [0.1, 0.15) is 5.56 Å². The Morgan fingerprint density at radius 1 is 1.10 bits per heavy atom. The van der Waals surface area contributed by atoms with Crippen molar-refractivity contribution in [2.75, 3.05) is 14.2 Å². The van der Waals surface area contributed by atoms with Gasteiger partial charge < -0.3 is 14.5 Å². The van der Waals surface area contributed by atoms with Crippen LogP contribution in [0, 0.1) is 0 Å². The quantitative estimate of drug-likeness (QED) is 0.800. The maximum absolute atomic E-state index is 12.2. The summed E-state index contributed by atoms with van der Waals surface area (Å²) >= 11 is 0. The highest BCUT2D eigenvalue weighted by Gasteiger charge is 2.10. The molecule has 2 aromatic carbocycles. The topological polar surface area (TPSA) is 56.2 Å². The first-order valence-corrected chi connectivity index (χ1v) is 6.61. The molecule has 0 saturated carbocycles. The number of para-hydroxylation sites is 1. The third kappa shape index (κ3) is 2.38. The van der Waals surface area contributed by atoms with Crippen molar-refractivity contribution >= 4 is 11.0 Å². The molecule has 0 radical (unpaired) electrons. The number of nitrogens with zero attached hydrogens (tertiary/aromatic N) is 1. The van der Waals surface area contributed by atoms with E-state index in [0.717, 1.165) is 28.1 Å². The Morgan fingerprint density at radius 2 is 1.90 bits per heavy atom. The summed E-state index contributed by atoms with van der Waals surface area (Å²) in [5, 5.41) is 0. The molecule has 3 rings (SSSR count). The Bertz CT molecular complexity index is 833. The third-order valence-electron chi connectivity index (χ3n) is 3.50. The minimum atomic E-state index is -0.149. The first-order valence-electron chi connectivity index (χ1n) is 6.61. The van der Waals surface area contributed by atoms with Gasteiger partial charge in [-0.1, -0.05) is 18.2 Å². The molecular weight excluding hydrogens is 268 g/mol. The molecule has 0 aliphatic rings.